The first kappa shape index (κ1) is 41.3. The number of halogens is 2. The van der Waals surface area contributed by atoms with E-state index >= 15 is 8.78 Å². The van der Waals surface area contributed by atoms with Crippen molar-refractivity contribution in [3.8, 4) is 0 Å². The molecule has 2 aliphatic rings. The Labute approximate surface area is 317 Å². The zero-order chi connectivity index (χ0) is 39.3. The van der Waals surface area contributed by atoms with E-state index in [2.05, 4.69) is 21.9 Å². The van der Waals surface area contributed by atoms with E-state index in [1.165, 1.54) is 23.4 Å². The molecule has 2 atom stereocenters. The molecule has 296 valence electrons. The largest absolute Gasteiger partial charge is 0.444 e. The van der Waals surface area contributed by atoms with Gasteiger partial charge in [0.2, 0.25) is 0 Å². The number of aryl methyl sites for hydroxylation is 1. The molecule has 2 fully saturated rings. The lowest BCUT2D eigenvalue weighted by Crippen LogP contribution is -2.44. The molecule has 0 spiro atoms. The molecule has 54 heavy (non-hydrogen) atoms. The summed E-state index contributed by atoms with van der Waals surface area (Å²) < 4.78 is 69.1. The minimum atomic E-state index is -3.15. The van der Waals surface area contributed by atoms with Gasteiger partial charge >= 0.3 is 6.09 Å². The number of aromatic nitrogens is 3. The summed E-state index contributed by atoms with van der Waals surface area (Å²) in [5.74, 6) is -3.79. The molecule has 1 amide bonds. The van der Waals surface area contributed by atoms with Crippen LogP contribution in [0.3, 0.4) is 0 Å². The summed E-state index contributed by atoms with van der Waals surface area (Å²) in [6.07, 6.45) is 6.95. The van der Waals surface area contributed by atoms with Crippen molar-refractivity contribution >= 4 is 32.8 Å². The molecule has 14 heteroatoms. The van der Waals surface area contributed by atoms with Crippen LogP contribution < -0.4 is 10.9 Å². The van der Waals surface area contributed by atoms with Gasteiger partial charge in [0.15, 0.2) is 0 Å². The number of rotatable bonds is 14. The number of unbranched alkanes of at least 4 members (excludes halogenated alkanes) is 2. The second-order valence-corrected chi connectivity index (χ2v) is 18.0. The topological polar surface area (TPSA) is 133 Å². The fraction of sp³-hybridized carbons (Fsp3) is 0.600. The Morgan fingerprint density at radius 2 is 1.78 bits per heavy atom. The van der Waals surface area contributed by atoms with Gasteiger partial charge < -0.3 is 19.7 Å². The predicted octanol–water partition coefficient (Wildman–Crippen LogP) is 7.76. The number of pyridine rings is 1. The summed E-state index contributed by atoms with van der Waals surface area (Å²) >= 11 is 0. The van der Waals surface area contributed by atoms with Crippen molar-refractivity contribution in [2.75, 3.05) is 37.0 Å². The quantitative estimate of drug-likeness (QED) is 0.129. The third-order valence-corrected chi connectivity index (χ3v) is 12.3. The Morgan fingerprint density at radius 1 is 1.07 bits per heavy atom. The number of carbonyl (C=O) groups is 1. The van der Waals surface area contributed by atoms with Gasteiger partial charge in [-0.05, 0) is 89.8 Å². The average molecular weight is 772 g/mol. The number of nitrogens with one attached hydrogen (secondary N) is 1. The third-order valence-electron chi connectivity index (χ3n) is 10.6. The summed E-state index contributed by atoms with van der Waals surface area (Å²) in [6, 6.07) is 7.71. The molecule has 0 bridgehead atoms. The minimum Gasteiger partial charge on any atom is -0.444 e. The molecule has 11 nitrogen and oxygen atoms in total. The zero-order valence-corrected chi connectivity index (χ0v) is 33.0. The van der Waals surface area contributed by atoms with Crippen LogP contribution in [0.5, 0.6) is 0 Å². The Hall–Kier alpha value is -3.91. The number of methoxy groups -OCH3 is 1. The number of hydrogen-bond acceptors (Lipinski definition) is 9. The van der Waals surface area contributed by atoms with Crippen molar-refractivity contribution < 1.29 is 31.5 Å². The average Bonchev–Trinajstić information content (AvgIpc) is 3.13. The standard InChI is InChI=1S/C40H55F2N5O6S/c1-7-32(52-6)14-9-8-10-19-47-36-34(25-33(37(47)48)28-17-22-54(50,51)23-18-28)35(43-26-44-36)45-27(2)29-12-11-13-31(24-29)40(41,42)30-15-20-46(21-16-30)38(49)53-39(3,4)5/h7,11-13,24-28,30,32H,1,8-10,14-23H2,2-6H3,(H,43,44,45)/t27-,32?/m1/s1. The van der Waals surface area contributed by atoms with E-state index in [-0.39, 0.29) is 60.6 Å². The zero-order valence-electron chi connectivity index (χ0n) is 32.2. The Bertz CT molecular complexity index is 1940. The van der Waals surface area contributed by atoms with E-state index in [1.807, 2.05) is 6.92 Å². The smallest absolute Gasteiger partial charge is 0.410 e. The van der Waals surface area contributed by atoms with Gasteiger partial charge in [0.1, 0.15) is 33.2 Å². The van der Waals surface area contributed by atoms with Crippen LogP contribution in [0.15, 0.2) is 54.1 Å². The SMILES string of the molecule is C=CC(CCCCCn1c(=O)c(C2CCS(=O)(=O)CC2)cc2c(N[C@H](C)c3cccc(C(F)(F)C4CCN(C(=O)OC(C)(C)C)CC4)c3)ncnc21)OC. The fourth-order valence-corrected chi connectivity index (χ4v) is 8.93. The third kappa shape index (κ3) is 10.0. The lowest BCUT2D eigenvalue weighted by molar-refractivity contribution is -0.0861. The number of amides is 1. The van der Waals surface area contributed by atoms with Crippen molar-refractivity contribution in [1.82, 2.24) is 19.4 Å². The molecule has 0 aliphatic carbocycles. The van der Waals surface area contributed by atoms with Gasteiger partial charge in [-0.1, -0.05) is 37.1 Å². The maximum Gasteiger partial charge on any atom is 0.410 e. The number of nitrogens with zero attached hydrogens (tertiary/aromatic N) is 4. The van der Waals surface area contributed by atoms with Gasteiger partial charge in [0, 0.05) is 49.8 Å². The second-order valence-electron chi connectivity index (χ2n) is 15.7. The Balaban J connectivity index is 1.37. The number of sulfone groups is 1. The molecule has 2 aliphatic heterocycles. The highest BCUT2D eigenvalue weighted by Gasteiger charge is 2.44. The monoisotopic (exact) mass is 771 g/mol. The van der Waals surface area contributed by atoms with Gasteiger partial charge in [0.05, 0.1) is 23.0 Å². The summed E-state index contributed by atoms with van der Waals surface area (Å²) in [7, 11) is -1.49. The Morgan fingerprint density at radius 3 is 2.43 bits per heavy atom. The van der Waals surface area contributed by atoms with E-state index in [0.29, 0.717) is 47.4 Å². The van der Waals surface area contributed by atoms with Crippen LogP contribution in [0.4, 0.5) is 19.4 Å². The normalized spacial score (nSPS) is 18.3. The highest BCUT2D eigenvalue weighted by Crippen LogP contribution is 2.42. The van der Waals surface area contributed by atoms with E-state index in [0.717, 1.165) is 25.7 Å². The second kappa shape index (κ2) is 17.3. The summed E-state index contributed by atoms with van der Waals surface area (Å²) in [4.78, 5) is 37.1. The first-order valence-corrected chi connectivity index (χ1v) is 20.8. The van der Waals surface area contributed by atoms with Crippen molar-refractivity contribution in [3.63, 3.8) is 0 Å². The number of ether oxygens (including phenoxy) is 2. The van der Waals surface area contributed by atoms with Crippen LogP contribution in [-0.4, -0.2) is 77.4 Å². The van der Waals surface area contributed by atoms with Crippen LogP contribution in [-0.2, 0) is 31.8 Å². The molecule has 2 saturated heterocycles. The number of alkyl halides is 2. The van der Waals surface area contributed by atoms with Gasteiger partial charge in [-0.3, -0.25) is 9.36 Å². The molecule has 0 radical (unpaired) electrons. The summed E-state index contributed by atoms with van der Waals surface area (Å²) in [5.41, 5.74) is 0.682. The van der Waals surface area contributed by atoms with E-state index < -0.39 is 39.4 Å². The maximum absolute atomic E-state index is 16.0. The fourth-order valence-electron chi connectivity index (χ4n) is 7.43. The Kier molecular flexibility index (Phi) is 13.2. The van der Waals surface area contributed by atoms with Crippen LogP contribution in [0.2, 0.25) is 0 Å². The highest BCUT2D eigenvalue weighted by molar-refractivity contribution is 7.91. The minimum absolute atomic E-state index is 0.0242. The van der Waals surface area contributed by atoms with Gasteiger partial charge in [0.25, 0.3) is 11.5 Å². The summed E-state index contributed by atoms with van der Waals surface area (Å²) in [5, 5.41) is 4.01. The van der Waals surface area contributed by atoms with E-state index in [1.54, 1.807) is 56.7 Å². The van der Waals surface area contributed by atoms with Crippen molar-refractivity contribution in [3.05, 3.63) is 76.4 Å². The number of piperidine rings is 1. The lowest BCUT2D eigenvalue weighted by Gasteiger charge is -2.36. The molecular formula is C40H55F2N5O6S. The van der Waals surface area contributed by atoms with Crippen molar-refractivity contribution in [2.24, 2.45) is 5.92 Å². The van der Waals surface area contributed by atoms with Gasteiger partial charge in [-0.25, -0.2) is 32.0 Å². The molecule has 1 aromatic carbocycles. The van der Waals surface area contributed by atoms with Crippen LogP contribution in [0, 0.1) is 5.92 Å². The molecule has 1 N–H and O–H groups in total. The molecule has 0 saturated carbocycles. The predicted molar refractivity (Wildman–Crippen MR) is 207 cm³/mol. The number of likely N-dealkylation sites (tertiary alicyclic amines) is 1. The molecule has 5 rings (SSSR count). The molecule has 2 aromatic heterocycles. The highest BCUT2D eigenvalue weighted by atomic mass is 32.2. The lowest BCUT2D eigenvalue weighted by atomic mass is 9.85. The molecular weight excluding hydrogens is 717 g/mol. The number of carbonyl (C=O) groups excluding carboxylic acids is 1. The molecule has 3 aromatic rings. The summed E-state index contributed by atoms with van der Waals surface area (Å²) in [6.45, 7) is 11.8. The van der Waals surface area contributed by atoms with Crippen LogP contribution in [0.25, 0.3) is 11.0 Å². The maximum atomic E-state index is 16.0. The first-order valence-electron chi connectivity index (χ1n) is 19.0. The van der Waals surface area contributed by atoms with Gasteiger partial charge in [-0.2, -0.15) is 0 Å². The van der Waals surface area contributed by atoms with E-state index in [9.17, 15) is 18.0 Å². The van der Waals surface area contributed by atoms with Crippen molar-refractivity contribution in [1.29, 1.82) is 0 Å². The number of anilines is 1. The van der Waals surface area contributed by atoms with Gasteiger partial charge in [-0.15, -0.1) is 6.58 Å². The number of benzene rings is 1. The van der Waals surface area contributed by atoms with Crippen molar-refractivity contribution in [2.45, 2.75) is 115 Å². The molecule has 1 unspecified atom stereocenters. The number of hydrogen-bond donors (Lipinski definition) is 1. The van der Waals surface area contributed by atoms with E-state index in [4.69, 9.17) is 9.47 Å². The first-order chi connectivity index (χ1) is 25.5. The number of fused-ring (bicyclic) bond motifs is 1. The van der Waals surface area contributed by atoms with Crippen LogP contribution >= 0.6 is 0 Å². The molecule has 4 heterocycles. The van der Waals surface area contributed by atoms with Crippen LogP contribution in [0.1, 0.15) is 108 Å².